The van der Waals surface area contributed by atoms with Crippen LogP contribution in [0.3, 0.4) is 0 Å². The molecule has 0 unspecified atom stereocenters. The van der Waals surface area contributed by atoms with Crippen LogP contribution in [-0.4, -0.2) is 22.0 Å². The summed E-state index contributed by atoms with van der Waals surface area (Å²) in [6.45, 7) is 24.1. The van der Waals surface area contributed by atoms with Crippen molar-refractivity contribution in [3.63, 3.8) is 0 Å². The van der Waals surface area contributed by atoms with Crippen molar-refractivity contribution >= 4 is 23.1 Å². The average Bonchev–Trinajstić information content (AvgIpc) is 3.63. The maximum absolute atomic E-state index is 6.62. The molecule has 2 aliphatic heterocycles. The standard InChI is InChI=1S/C46H48N4O2.Pt/c1-26-19-32(50-38-17-15-31(45(7,8)9)23-37(38)46(10,11)36-13-12-18-47-42(36)50)24-33(20-26)51-39-25-35(27(2)48-28(39)3)43-49-41-34-16-14-30(44(4,5)6)21-29(34)22-40(41)52-43;/h12-21,23,40-41H,22H2,1-11H3;/q-2;+2/t40-,41+;/m0./s1. The molecule has 0 saturated carbocycles. The van der Waals surface area contributed by atoms with Gasteiger partial charge in [0.1, 0.15) is 23.9 Å². The third kappa shape index (κ3) is 6.41. The van der Waals surface area contributed by atoms with E-state index in [2.05, 4.69) is 128 Å². The molecular weight excluding hydrogens is 836 g/mol. The summed E-state index contributed by atoms with van der Waals surface area (Å²) in [5.74, 6) is 2.59. The molecule has 0 N–H and O–H groups in total. The van der Waals surface area contributed by atoms with Crippen molar-refractivity contribution < 1.29 is 30.5 Å². The minimum atomic E-state index is -0.239. The molecular formula is C46H48N4O2Pt. The van der Waals surface area contributed by atoms with Crippen LogP contribution in [-0.2, 0) is 48.5 Å². The van der Waals surface area contributed by atoms with E-state index in [0.29, 0.717) is 17.4 Å². The number of aryl methyl sites for hydroxylation is 3. The van der Waals surface area contributed by atoms with Crippen LogP contribution in [0, 0.1) is 32.9 Å². The number of pyridine rings is 2. The van der Waals surface area contributed by atoms with Crippen LogP contribution in [0.1, 0.15) is 117 Å². The van der Waals surface area contributed by atoms with Gasteiger partial charge in [-0.3, -0.25) is 4.99 Å². The fraction of sp³-hybridized carbons (Fsp3) is 0.370. The van der Waals surface area contributed by atoms with Crippen LogP contribution >= 0.6 is 0 Å². The number of aliphatic imine (C=N–C) groups is 1. The number of ether oxygens (including phenoxy) is 2. The van der Waals surface area contributed by atoms with E-state index in [0.717, 1.165) is 46.1 Å². The molecule has 4 heterocycles. The molecule has 5 aromatic rings. The van der Waals surface area contributed by atoms with Crippen molar-refractivity contribution in [1.82, 2.24) is 9.97 Å². The molecule has 6 nitrogen and oxygen atoms in total. The smallest absolute Gasteiger partial charge is 0.514 e. The van der Waals surface area contributed by atoms with Gasteiger partial charge in [-0.2, -0.15) is 5.56 Å². The first kappa shape index (κ1) is 37.1. The number of fused-ring (bicyclic) bond motifs is 5. The van der Waals surface area contributed by atoms with Crippen molar-refractivity contribution in [1.29, 1.82) is 0 Å². The second-order valence-electron chi connectivity index (χ2n) is 17.3. The molecule has 0 amide bonds. The van der Waals surface area contributed by atoms with Gasteiger partial charge in [-0.25, -0.2) is 4.98 Å². The van der Waals surface area contributed by atoms with E-state index in [9.17, 15) is 0 Å². The van der Waals surface area contributed by atoms with Gasteiger partial charge in [-0.15, -0.1) is 18.2 Å². The van der Waals surface area contributed by atoms with Gasteiger partial charge in [0, 0.05) is 35.0 Å². The zero-order valence-electron chi connectivity index (χ0n) is 32.6. The van der Waals surface area contributed by atoms with Crippen molar-refractivity contribution in [2.45, 2.75) is 111 Å². The quantitative estimate of drug-likeness (QED) is 0.168. The van der Waals surface area contributed by atoms with Crippen molar-refractivity contribution in [2.24, 2.45) is 4.99 Å². The van der Waals surface area contributed by atoms with Crippen LogP contribution < -0.4 is 9.64 Å². The predicted molar refractivity (Wildman–Crippen MR) is 209 cm³/mol. The number of nitrogens with zero attached hydrogens (tertiary/aromatic N) is 4. The Morgan fingerprint density at radius 1 is 0.849 bits per heavy atom. The van der Waals surface area contributed by atoms with Gasteiger partial charge in [0.15, 0.2) is 0 Å². The fourth-order valence-corrected chi connectivity index (χ4v) is 7.92. The monoisotopic (exact) mass is 883 g/mol. The first-order valence-corrected chi connectivity index (χ1v) is 18.4. The predicted octanol–water partition coefficient (Wildman–Crippen LogP) is 10.9. The molecule has 2 atom stereocenters. The van der Waals surface area contributed by atoms with Gasteiger partial charge in [0.25, 0.3) is 0 Å². The Morgan fingerprint density at radius 3 is 2.30 bits per heavy atom. The Labute approximate surface area is 329 Å². The summed E-state index contributed by atoms with van der Waals surface area (Å²) < 4.78 is 13.2. The summed E-state index contributed by atoms with van der Waals surface area (Å²) in [6, 6.07) is 29.1. The maximum Gasteiger partial charge on any atom is 2.00 e. The third-order valence-corrected chi connectivity index (χ3v) is 11.0. The molecule has 2 aromatic heterocycles. The summed E-state index contributed by atoms with van der Waals surface area (Å²) in [4.78, 5) is 17.1. The minimum absolute atomic E-state index is 0. The van der Waals surface area contributed by atoms with Crippen LogP contribution in [0.4, 0.5) is 17.2 Å². The number of anilines is 3. The number of hydrogen-bond donors (Lipinski definition) is 0. The molecule has 0 radical (unpaired) electrons. The largest absolute Gasteiger partial charge is 2.00 e. The second-order valence-corrected chi connectivity index (χ2v) is 17.3. The van der Waals surface area contributed by atoms with Gasteiger partial charge in [-0.1, -0.05) is 130 Å². The molecule has 0 saturated heterocycles. The number of benzene rings is 3. The van der Waals surface area contributed by atoms with E-state index in [4.69, 9.17) is 24.4 Å². The van der Waals surface area contributed by atoms with Gasteiger partial charge < -0.3 is 19.4 Å². The SMILES string of the molecule is Cc1cc(Oc2[c-]c(C3=N[C@@H]4c5ccc(C(C)(C)C)cc5C[C@@H]4O3)c(C)nc2C)[c-]c(N2c3ccc(C(C)(C)C)cc3C(C)(C)c3cccnc32)c1.[Pt+2]. The maximum atomic E-state index is 6.62. The second kappa shape index (κ2) is 12.9. The summed E-state index contributed by atoms with van der Waals surface area (Å²) in [5, 5.41) is 0. The number of aromatic nitrogens is 2. The minimum Gasteiger partial charge on any atom is -0.514 e. The molecule has 3 aliphatic rings. The van der Waals surface area contributed by atoms with Gasteiger partial charge >= 0.3 is 21.1 Å². The Bertz CT molecular complexity index is 2290. The molecule has 274 valence electrons. The summed E-state index contributed by atoms with van der Waals surface area (Å²) in [5.41, 5.74) is 12.8. The molecule has 0 fully saturated rings. The summed E-state index contributed by atoms with van der Waals surface area (Å²) >= 11 is 0. The molecule has 8 rings (SSSR count). The van der Waals surface area contributed by atoms with Gasteiger partial charge in [0.05, 0.1) is 5.75 Å². The molecule has 3 aromatic carbocycles. The topological polar surface area (TPSA) is 59.8 Å². The number of hydrogen-bond acceptors (Lipinski definition) is 6. The first-order chi connectivity index (χ1) is 24.5. The average molecular weight is 884 g/mol. The Balaban J connectivity index is 0.00000435. The molecule has 0 bridgehead atoms. The van der Waals surface area contributed by atoms with Crippen molar-refractivity contribution in [3.8, 4) is 11.5 Å². The van der Waals surface area contributed by atoms with Crippen LogP contribution in [0.2, 0.25) is 0 Å². The zero-order valence-corrected chi connectivity index (χ0v) is 34.9. The van der Waals surface area contributed by atoms with Crippen LogP contribution in [0.25, 0.3) is 0 Å². The van der Waals surface area contributed by atoms with E-state index in [1.807, 2.05) is 32.2 Å². The Morgan fingerprint density at radius 2 is 1.57 bits per heavy atom. The van der Waals surface area contributed by atoms with E-state index in [1.165, 1.54) is 33.4 Å². The molecule has 7 heteroatoms. The van der Waals surface area contributed by atoms with E-state index in [1.54, 1.807) is 0 Å². The van der Waals surface area contributed by atoms with Crippen LogP contribution in [0.5, 0.6) is 11.5 Å². The Kier molecular flexibility index (Phi) is 9.05. The van der Waals surface area contributed by atoms with E-state index < -0.39 is 0 Å². The third-order valence-electron chi connectivity index (χ3n) is 11.0. The van der Waals surface area contributed by atoms with Gasteiger partial charge in [-0.05, 0) is 62.2 Å². The fourth-order valence-electron chi connectivity index (χ4n) is 7.92. The molecule has 53 heavy (non-hydrogen) atoms. The normalized spacial score (nSPS) is 18.2. The zero-order chi connectivity index (χ0) is 36.9. The molecule has 1 aliphatic carbocycles. The Hall–Kier alpha value is -4.28. The van der Waals surface area contributed by atoms with Crippen molar-refractivity contribution in [2.75, 3.05) is 4.90 Å². The first-order valence-electron chi connectivity index (χ1n) is 18.4. The van der Waals surface area contributed by atoms with E-state index >= 15 is 0 Å². The summed E-state index contributed by atoms with van der Waals surface area (Å²) in [7, 11) is 0. The van der Waals surface area contributed by atoms with Gasteiger partial charge in [0.2, 0.25) is 0 Å². The number of rotatable bonds is 4. The molecule has 0 spiro atoms. The van der Waals surface area contributed by atoms with Crippen LogP contribution in [0.15, 0.2) is 71.9 Å². The van der Waals surface area contributed by atoms with Crippen molar-refractivity contribution in [3.05, 3.63) is 135 Å². The van der Waals surface area contributed by atoms with E-state index in [-0.39, 0.29) is 49.5 Å². The summed E-state index contributed by atoms with van der Waals surface area (Å²) in [6.07, 6.45) is 2.68.